The van der Waals surface area contributed by atoms with Gasteiger partial charge in [0.1, 0.15) is 12.7 Å². The maximum atomic E-state index is 13.2. The Kier molecular flexibility index (Phi) is 10.6. The van der Waals surface area contributed by atoms with Gasteiger partial charge in [0.25, 0.3) is 0 Å². The SMILES string of the molecule is O=C(O)c1ccncn1.O=C(Oc1c(F)c(F)c(F)c(F)c1F)c1ccncn1.Oc1c(F)c(F)c(F)c(F)c1F. The average molecular weight is 598 g/mol. The van der Waals surface area contributed by atoms with E-state index in [9.17, 15) is 53.5 Å². The first-order chi connectivity index (χ1) is 19.2. The van der Waals surface area contributed by atoms with Crippen LogP contribution in [-0.4, -0.2) is 42.1 Å². The molecule has 19 heteroatoms. The van der Waals surface area contributed by atoms with Gasteiger partial charge in [-0.15, -0.1) is 0 Å². The van der Waals surface area contributed by atoms with Crippen molar-refractivity contribution in [1.29, 1.82) is 0 Å². The minimum atomic E-state index is -2.35. The predicted octanol–water partition coefficient (Wildman–Crippen LogP) is 4.65. The number of aromatic carboxylic acids is 1. The monoisotopic (exact) mass is 598 g/mol. The molecule has 0 aliphatic carbocycles. The van der Waals surface area contributed by atoms with E-state index in [1.54, 1.807) is 0 Å². The number of aromatic hydroxyl groups is 1. The molecular weight excluding hydrogens is 590 g/mol. The van der Waals surface area contributed by atoms with E-state index in [2.05, 4.69) is 24.7 Å². The zero-order chi connectivity index (χ0) is 31.0. The zero-order valence-corrected chi connectivity index (χ0v) is 19.2. The maximum absolute atomic E-state index is 13.2. The third-order valence-corrected chi connectivity index (χ3v) is 4.14. The van der Waals surface area contributed by atoms with E-state index in [4.69, 9.17) is 10.2 Å². The van der Waals surface area contributed by atoms with E-state index in [1.807, 2.05) is 0 Å². The molecule has 2 heterocycles. The minimum Gasteiger partial charge on any atom is -0.503 e. The van der Waals surface area contributed by atoms with Gasteiger partial charge in [-0.3, -0.25) is 0 Å². The van der Waals surface area contributed by atoms with Gasteiger partial charge in [-0.2, -0.15) is 17.6 Å². The Morgan fingerprint density at radius 2 is 0.951 bits per heavy atom. The normalized spacial score (nSPS) is 10.1. The van der Waals surface area contributed by atoms with Crippen LogP contribution in [0.15, 0.2) is 37.2 Å². The molecule has 2 N–H and O–H groups in total. The van der Waals surface area contributed by atoms with Gasteiger partial charge >= 0.3 is 11.9 Å². The number of carboxylic acid groups (broad SMARTS) is 1. The zero-order valence-electron chi connectivity index (χ0n) is 19.2. The standard InChI is InChI=1S/C11H3F5N2O2.C6HF5O.C5H4N2O2/c12-5-6(13)8(15)10(9(16)7(5)14)20-11(19)4-1-2-17-3-18-4;7-1-2(8)4(10)6(12)5(11)3(1)9;8-5(9)4-1-2-6-3-7-4/h1-3H;12H;1-3H,(H,8,9). The fraction of sp³-hybridized carbons (Fsp3) is 0. The third kappa shape index (κ3) is 7.40. The molecule has 0 saturated carbocycles. The average Bonchev–Trinajstić information content (AvgIpc) is 2.99. The third-order valence-electron chi connectivity index (χ3n) is 4.14. The summed E-state index contributed by atoms with van der Waals surface area (Å²) in [5.74, 6) is -28.3. The maximum Gasteiger partial charge on any atom is 0.362 e. The lowest BCUT2D eigenvalue weighted by Gasteiger charge is -2.08. The van der Waals surface area contributed by atoms with Crippen LogP contribution in [0.1, 0.15) is 21.0 Å². The first-order valence-electron chi connectivity index (χ1n) is 9.89. The van der Waals surface area contributed by atoms with Crippen LogP contribution in [0.25, 0.3) is 0 Å². The Morgan fingerprint density at radius 3 is 1.29 bits per heavy atom. The molecule has 2 aromatic heterocycles. The highest BCUT2D eigenvalue weighted by molar-refractivity contribution is 5.88. The minimum absolute atomic E-state index is 0.0185. The van der Waals surface area contributed by atoms with Crippen LogP contribution < -0.4 is 4.74 Å². The molecule has 0 amide bonds. The topological polar surface area (TPSA) is 135 Å². The van der Waals surface area contributed by atoms with Gasteiger partial charge in [0.15, 0.2) is 17.1 Å². The molecule has 0 atom stereocenters. The Hall–Kier alpha value is -5.36. The summed E-state index contributed by atoms with van der Waals surface area (Å²) in [4.78, 5) is 35.5. The van der Waals surface area contributed by atoms with E-state index in [0.717, 1.165) is 18.6 Å². The number of hydrogen-bond donors (Lipinski definition) is 2. The fourth-order valence-corrected chi connectivity index (χ4v) is 2.24. The molecule has 9 nitrogen and oxygen atoms in total. The highest BCUT2D eigenvalue weighted by Crippen LogP contribution is 2.30. The van der Waals surface area contributed by atoms with Gasteiger partial charge < -0.3 is 14.9 Å². The number of carboxylic acids is 1. The van der Waals surface area contributed by atoms with Crippen molar-refractivity contribution < 1.29 is 68.4 Å². The van der Waals surface area contributed by atoms with Crippen molar-refractivity contribution >= 4 is 11.9 Å². The smallest absolute Gasteiger partial charge is 0.362 e. The number of aromatic nitrogens is 4. The summed E-state index contributed by atoms with van der Waals surface area (Å²) in [5, 5.41) is 16.6. The van der Waals surface area contributed by atoms with Crippen molar-refractivity contribution in [1.82, 2.24) is 19.9 Å². The molecule has 0 radical (unpaired) electrons. The van der Waals surface area contributed by atoms with Crippen molar-refractivity contribution in [3.05, 3.63) is 107 Å². The van der Waals surface area contributed by atoms with E-state index in [1.165, 1.54) is 18.6 Å². The molecule has 0 aliphatic rings. The quantitative estimate of drug-likeness (QED) is 0.114. The number of ether oxygens (including phenoxy) is 1. The highest BCUT2D eigenvalue weighted by atomic mass is 19.2. The summed E-state index contributed by atoms with van der Waals surface area (Å²) >= 11 is 0. The molecule has 0 saturated heterocycles. The molecule has 2 aromatic carbocycles. The predicted molar refractivity (Wildman–Crippen MR) is 110 cm³/mol. The van der Waals surface area contributed by atoms with Crippen molar-refractivity contribution in [2.24, 2.45) is 0 Å². The second kappa shape index (κ2) is 13.6. The number of nitrogens with zero attached hydrogens (tertiary/aromatic N) is 4. The largest absolute Gasteiger partial charge is 0.503 e. The number of carbonyl (C=O) groups is 2. The van der Waals surface area contributed by atoms with E-state index in [0.29, 0.717) is 0 Å². The Balaban J connectivity index is 0.000000237. The first kappa shape index (κ1) is 31.9. The molecule has 0 spiro atoms. The molecule has 216 valence electrons. The number of phenols is 1. The number of hydrogen-bond acceptors (Lipinski definition) is 8. The number of rotatable bonds is 3. The molecule has 0 unspecified atom stereocenters. The van der Waals surface area contributed by atoms with Crippen molar-refractivity contribution in [2.75, 3.05) is 0 Å². The van der Waals surface area contributed by atoms with Crippen LogP contribution in [0, 0.1) is 58.2 Å². The lowest BCUT2D eigenvalue weighted by atomic mass is 10.2. The van der Waals surface area contributed by atoms with Crippen LogP contribution >= 0.6 is 0 Å². The number of benzene rings is 2. The van der Waals surface area contributed by atoms with E-state index >= 15 is 0 Å². The molecule has 4 aromatic rings. The number of halogens is 10. The van der Waals surface area contributed by atoms with Gasteiger partial charge in [0.2, 0.25) is 63.9 Å². The number of phenolic OH excluding ortho intramolecular Hbond substituents is 1. The summed E-state index contributed by atoms with van der Waals surface area (Å²) in [6.45, 7) is 0. The summed E-state index contributed by atoms with van der Waals surface area (Å²) < 4.78 is 130. The summed E-state index contributed by atoms with van der Waals surface area (Å²) in [7, 11) is 0. The molecule has 0 aliphatic heterocycles. The molecule has 0 bridgehead atoms. The lowest BCUT2D eigenvalue weighted by molar-refractivity contribution is 0.0686. The van der Waals surface area contributed by atoms with Gasteiger partial charge in [-0.1, -0.05) is 0 Å². The summed E-state index contributed by atoms with van der Waals surface area (Å²) in [5.41, 5.74) is -0.394. The molecule has 41 heavy (non-hydrogen) atoms. The molecular formula is C22H8F10N4O5. The second-order valence-electron chi connectivity index (χ2n) is 6.70. The fourth-order valence-electron chi connectivity index (χ4n) is 2.24. The van der Waals surface area contributed by atoms with Gasteiger partial charge in [0.05, 0.1) is 0 Å². The second-order valence-corrected chi connectivity index (χ2v) is 6.70. The number of esters is 1. The van der Waals surface area contributed by atoms with Gasteiger partial charge in [-0.05, 0) is 12.1 Å². The Bertz CT molecular complexity index is 1450. The first-order valence-corrected chi connectivity index (χ1v) is 9.89. The van der Waals surface area contributed by atoms with Crippen LogP contribution in [0.5, 0.6) is 11.5 Å². The number of carbonyl (C=O) groups excluding carboxylic acids is 1. The Morgan fingerprint density at radius 1 is 0.585 bits per heavy atom. The van der Waals surface area contributed by atoms with Crippen molar-refractivity contribution in [3.63, 3.8) is 0 Å². The van der Waals surface area contributed by atoms with Crippen LogP contribution in [-0.2, 0) is 0 Å². The van der Waals surface area contributed by atoms with Crippen molar-refractivity contribution in [2.45, 2.75) is 0 Å². The molecule has 4 rings (SSSR count). The van der Waals surface area contributed by atoms with Crippen molar-refractivity contribution in [3.8, 4) is 11.5 Å². The molecule has 0 fully saturated rings. The van der Waals surface area contributed by atoms with Crippen LogP contribution in [0.2, 0.25) is 0 Å². The highest BCUT2D eigenvalue weighted by Gasteiger charge is 2.29. The van der Waals surface area contributed by atoms with Gasteiger partial charge in [-0.25, -0.2) is 55.9 Å². The summed E-state index contributed by atoms with van der Waals surface area (Å²) in [6.07, 6.45) is 4.65. The lowest BCUT2D eigenvalue weighted by Crippen LogP contribution is -2.14. The van der Waals surface area contributed by atoms with E-state index in [-0.39, 0.29) is 5.69 Å². The Labute approximate surface area is 219 Å². The van der Waals surface area contributed by atoms with Crippen LogP contribution in [0.3, 0.4) is 0 Å². The summed E-state index contributed by atoms with van der Waals surface area (Å²) in [6, 6.07) is 2.37. The van der Waals surface area contributed by atoms with E-state index < -0.39 is 87.3 Å². The van der Waals surface area contributed by atoms with Gasteiger partial charge in [0, 0.05) is 12.4 Å². The van der Waals surface area contributed by atoms with Crippen LogP contribution in [0.4, 0.5) is 43.9 Å².